The molecular weight excluding hydrogens is 178 g/mol. The lowest BCUT2D eigenvalue weighted by Crippen LogP contribution is -2.32. The van der Waals surface area contributed by atoms with Gasteiger partial charge in [-0.15, -0.1) is 0 Å². The van der Waals surface area contributed by atoms with E-state index in [-0.39, 0.29) is 11.8 Å². The number of Topliss-reactive ketones (excluding diaryl/α,β-unsaturated/α-hetero) is 1. The number of carbonyl (C=O) groups excluding carboxylic acids is 1. The first-order valence-corrected chi connectivity index (χ1v) is 5.42. The molecule has 0 radical (unpaired) electrons. The molecular formula is C11H23NO2. The Morgan fingerprint density at radius 1 is 1.36 bits per heavy atom. The number of methoxy groups -OCH3 is 1. The van der Waals surface area contributed by atoms with Gasteiger partial charge in [-0.2, -0.15) is 0 Å². The van der Waals surface area contributed by atoms with Crippen LogP contribution in [0, 0.1) is 5.92 Å². The van der Waals surface area contributed by atoms with Gasteiger partial charge in [0.15, 0.2) is 0 Å². The largest absolute Gasteiger partial charge is 0.385 e. The maximum absolute atomic E-state index is 11.6. The maximum atomic E-state index is 11.6. The molecule has 1 unspecified atom stereocenters. The highest BCUT2D eigenvalue weighted by molar-refractivity contribution is 5.83. The van der Waals surface area contributed by atoms with Crippen molar-refractivity contribution < 1.29 is 9.53 Å². The summed E-state index contributed by atoms with van der Waals surface area (Å²) in [6, 6.07) is -0.337. The van der Waals surface area contributed by atoms with E-state index in [1.807, 2.05) is 0 Å². The van der Waals surface area contributed by atoms with Crippen LogP contribution < -0.4 is 5.73 Å². The highest BCUT2D eigenvalue weighted by Crippen LogP contribution is 2.14. The first-order valence-electron chi connectivity index (χ1n) is 5.42. The molecule has 0 aliphatic carbocycles. The summed E-state index contributed by atoms with van der Waals surface area (Å²) in [5.41, 5.74) is 5.73. The van der Waals surface area contributed by atoms with Crippen molar-refractivity contribution in [2.24, 2.45) is 11.7 Å². The standard InChI is InChI=1S/C11H23NO2/c1-4-9(5-2)8-11(13)10(12)6-7-14-3/h9-10H,4-8,12H2,1-3H3. The van der Waals surface area contributed by atoms with Gasteiger partial charge >= 0.3 is 0 Å². The van der Waals surface area contributed by atoms with Crippen molar-refractivity contribution >= 4 is 5.78 Å². The maximum Gasteiger partial charge on any atom is 0.149 e. The number of carbonyl (C=O) groups is 1. The van der Waals surface area contributed by atoms with Gasteiger partial charge < -0.3 is 10.5 Å². The van der Waals surface area contributed by atoms with Crippen molar-refractivity contribution in [2.75, 3.05) is 13.7 Å². The molecule has 0 aromatic carbocycles. The van der Waals surface area contributed by atoms with E-state index in [9.17, 15) is 4.79 Å². The number of hydrogen-bond donors (Lipinski definition) is 1. The van der Waals surface area contributed by atoms with Gasteiger partial charge in [-0.25, -0.2) is 0 Å². The molecule has 0 aromatic heterocycles. The minimum Gasteiger partial charge on any atom is -0.385 e. The van der Waals surface area contributed by atoms with Crippen LogP contribution in [0.15, 0.2) is 0 Å². The topological polar surface area (TPSA) is 52.3 Å². The van der Waals surface area contributed by atoms with Gasteiger partial charge in [-0.05, 0) is 12.3 Å². The van der Waals surface area contributed by atoms with Crippen LogP contribution in [0.5, 0.6) is 0 Å². The Labute approximate surface area is 87.0 Å². The van der Waals surface area contributed by atoms with E-state index in [2.05, 4.69) is 13.8 Å². The molecule has 14 heavy (non-hydrogen) atoms. The molecule has 0 rings (SSSR count). The van der Waals surface area contributed by atoms with Crippen LogP contribution in [0.4, 0.5) is 0 Å². The van der Waals surface area contributed by atoms with E-state index in [0.29, 0.717) is 25.4 Å². The summed E-state index contributed by atoms with van der Waals surface area (Å²) in [7, 11) is 1.62. The van der Waals surface area contributed by atoms with Crippen LogP contribution in [0.3, 0.4) is 0 Å². The predicted molar refractivity (Wildman–Crippen MR) is 58.2 cm³/mol. The van der Waals surface area contributed by atoms with Gasteiger partial charge in [-0.1, -0.05) is 26.7 Å². The molecule has 3 heteroatoms. The summed E-state index contributed by atoms with van der Waals surface area (Å²) in [5.74, 6) is 0.673. The normalized spacial score (nSPS) is 13.2. The summed E-state index contributed by atoms with van der Waals surface area (Å²) in [6.45, 7) is 4.79. The van der Waals surface area contributed by atoms with Crippen LogP contribution in [0.2, 0.25) is 0 Å². The van der Waals surface area contributed by atoms with Crippen molar-refractivity contribution in [3.05, 3.63) is 0 Å². The smallest absolute Gasteiger partial charge is 0.149 e. The SMILES string of the molecule is CCC(CC)CC(=O)C(N)CCOC. The molecule has 0 saturated carbocycles. The molecule has 0 amide bonds. The Kier molecular flexibility index (Phi) is 7.71. The Bertz CT molecular complexity index is 155. The van der Waals surface area contributed by atoms with Gasteiger partial charge in [0.05, 0.1) is 6.04 Å². The summed E-state index contributed by atoms with van der Waals surface area (Å²) in [6.07, 6.45) is 3.37. The monoisotopic (exact) mass is 201 g/mol. The van der Waals surface area contributed by atoms with Gasteiger partial charge in [0.2, 0.25) is 0 Å². The van der Waals surface area contributed by atoms with Gasteiger partial charge in [0, 0.05) is 20.1 Å². The fourth-order valence-corrected chi connectivity index (χ4v) is 1.42. The van der Waals surface area contributed by atoms with Crippen LogP contribution in [0.1, 0.15) is 39.5 Å². The number of nitrogens with two attached hydrogens (primary N) is 1. The van der Waals surface area contributed by atoms with Crippen molar-refractivity contribution in [1.29, 1.82) is 0 Å². The third-order valence-electron chi connectivity index (χ3n) is 2.69. The molecule has 0 bridgehead atoms. The molecule has 1 atom stereocenters. The molecule has 0 fully saturated rings. The van der Waals surface area contributed by atoms with E-state index < -0.39 is 0 Å². The third kappa shape index (κ3) is 5.35. The van der Waals surface area contributed by atoms with E-state index in [0.717, 1.165) is 12.8 Å². The van der Waals surface area contributed by atoms with Crippen LogP contribution in [-0.4, -0.2) is 25.5 Å². The number of ketones is 1. The fraction of sp³-hybridized carbons (Fsp3) is 0.909. The molecule has 0 saturated heterocycles. The Morgan fingerprint density at radius 2 is 1.93 bits per heavy atom. The van der Waals surface area contributed by atoms with Crippen molar-refractivity contribution in [3.63, 3.8) is 0 Å². The number of ether oxygens (including phenoxy) is 1. The van der Waals surface area contributed by atoms with E-state index >= 15 is 0 Å². The highest BCUT2D eigenvalue weighted by Gasteiger charge is 2.16. The zero-order valence-corrected chi connectivity index (χ0v) is 9.58. The second kappa shape index (κ2) is 7.94. The molecule has 0 aliphatic heterocycles. The average molecular weight is 201 g/mol. The summed E-state index contributed by atoms with van der Waals surface area (Å²) < 4.78 is 4.89. The summed E-state index contributed by atoms with van der Waals surface area (Å²) in [5, 5.41) is 0. The van der Waals surface area contributed by atoms with E-state index in [1.54, 1.807) is 7.11 Å². The van der Waals surface area contributed by atoms with Crippen LogP contribution in [-0.2, 0) is 9.53 Å². The molecule has 0 spiro atoms. The number of rotatable bonds is 8. The molecule has 0 aromatic rings. The zero-order chi connectivity index (χ0) is 11.0. The van der Waals surface area contributed by atoms with Crippen molar-refractivity contribution in [2.45, 2.75) is 45.6 Å². The first-order chi connectivity index (χ1) is 6.65. The number of hydrogen-bond acceptors (Lipinski definition) is 3. The predicted octanol–water partition coefficient (Wildman–Crippen LogP) is 1.75. The van der Waals surface area contributed by atoms with Gasteiger partial charge in [0.25, 0.3) is 0 Å². The third-order valence-corrected chi connectivity index (χ3v) is 2.69. The second-order valence-electron chi connectivity index (χ2n) is 3.74. The summed E-state index contributed by atoms with van der Waals surface area (Å²) >= 11 is 0. The zero-order valence-electron chi connectivity index (χ0n) is 9.58. The fourth-order valence-electron chi connectivity index (χ4n) is 1.42. The quantitative estimate of drug-likeness (QED) is 0.651. The van der Waals surface area contributed by atoms with Crippen molar-refractivity contribution in [1.82, 2.24) is 0 Å². The molecule has 0 aliphatic rings. The molecule has 0 heterocycles. The minimum atomic E-state index is -0.337. The van der Waals surface area contributed by atoms with E-state index in [4.69, 9.17) is 10.5 Å². The minimum absolute atomic E-state index is 0.177. The lowest BCUT2D eigenvalue weighted by molar-refractivity contribution is -0.121. The molecule has 3 nitrogen and oxygen atoms in total. The lowest BCUT2D eigenvalue weighted by atomic mass is 9.93. The molecule has 2 N–H and O–H groups in total. The average Bonchev–Trinajstić information content (AvgIpc) is 2.21. The van der Waals surface area contributed by atoms with Gasteiger partial charge in [0.1, 0.15) is 5.78 Å². The molecule has 84 valence electrons. The van der Waals surface area contributed by atoms with Crippen LogP contribution in [0.25, 0.3) is 0 Å². The van der Waals surface area contributed by atoms with Crippen molar-refractivity contribution in [3.8, 4) is 0 Å². The van der Waals surface area contributed by atoms with E-state index in [1.165, 1.54) is 0 Å². The Hall–Kier alpha value is -0.410. The first kappa shape index (κ1) is 13.6. The van der Waals surface area contributed by atoms with Gasteiger partial charge in [-0.3, -0.25) is 4.79 Å². The summed E-state index contributed by atoms with van der Waals surface area (Å²) in [4.78, 5) is 11.6. The Morgan fingerprint density at radius 3 is 2.36 bits per heavy atom. The Balaban J connectivity index is 3.81. The van der Waals surface area contributed by atoms with Crippen LogP contribution >= 0.6 is 0 Å². The highest BCUT2D eigenvalue weighted by atomic mass is 16.5. The second-order valence-corrected chi connectivity index (χ2v) is 3.74. The lowest BCUT2D eigenvalue weighted by Gasteiger charge is -2.14.